The summed E-state index contributed by atoms with van der Waals surface area (Å²) in [5, 5.41) is 6.48. The summed E-state index contributed by atoms with van der Waals surface area (Å²) in [5.41, 5.74) is 2.04. The van der Waals surface area contributed by atoms with E-state index in [9.17, 15) is 4.79 Å². The Bertz CT molecular complexity index is 948. The first-order valence-corrected chi connectivity index (χ1v) is 8.71. The van der Waals surface area contributed by atoms with Crippen LogP contribution in [0.25, 0.3) is 0 Å². The summed E-state index contributed by atoms with van der Waals surface area (Å²) in [7, 11) is 1.56. The summed E-state index contributed by atoms with van der Waals surface area (Å²) >= 11 is 6.15. The lowest BCUT2D eigenvalue weighted by Gasteiger charge is -2.10. The highest BCUT2D eigenvalue weighted by atomic mass is 35.5. The number of methoxy groups -OCH3 is 1. The van der Waals surface area contributed by atoms with Crippen LogP contribution in [0.4, 0.5) is 11.5 Å². The summed E-state index contributed by atoms with van der Waals surface area (Å²) in [6.45, 7) is 2.17. The molecule has 1 amide bonds. The molecule has 3 rings (SSSR count). The number of hydrogen-bond donors (Lipinski definition) is 2. The minimum atomic E-state index is -0.264. The Morgan fingerprint density at radius 2 is 1.89 bits per heavy atom. The Balaban J connectivity index is 1.73. The number of nitrogens with zero attached hydrogens (tertiary/aromatic N) is 2. The number of aromatic nitrogens is 2. The first kappa shape index (κ1) is 18.7. The third-order valence-electron chi connectivity index (χ3n) is 3.79. The monoisotopic (exact) mass is 382 g/mol. The van der Waals surface area contributed by atoms with Gasteiger partial charge in [0.05, 0.1) is 12.1 Å². The van der Waals surface area contributed by atoms with Crippen LogP contribution in [-0.2, 0) is 6.54 Å². The number of rotatable bonds is 6. The van der Waals surface area contributed by atoms with Crippen molar-refractivity contribution in [3.05, 3.63) is 76.7 Å². The molecule has 0 aliphatic heterocycles. The van der Waals surface area contributed by atoms with Crippen LogP contribution in [0.15, 0.2) is 54.6 Å². The minimum Gasteiger partial charge on any atom is -0.495 e. The van der Waals surface area contributed by atoms with Crippen LogP contribution in [0.3, 0.4) is 0 Å². The molecule has 0 saturated heterocycles. The van der Waals surface area contributed by atoms with Crippen molar-refractivity contribution >= 4 is 29.0 Å². The normalized spacial score (nSPS) is 10.3. The zero-order valence-corrected chi connectivity index (χ0v) is 15.7. The molecule has 0 aliphatic carbocycles. The van der Waals surface area contributed by atoms with Gasteiger partial charge in [-0.3, -0.25) is 4.79 Å². The van der Waals surface area contributed by atoms with E-state index in [0.29, 0.717) is 34.7 Å². The quantitative estimate of drug-likeness (QED) is 0.670. The molecule has 1 aromatic heterocycles. The lowest BCUT2D eigenvalue weighted by molar-refractivity contribution is 0.0945. The summed E-state index contributed by atoms with van der Waals surface area (Å²) in [6, 6.07) is 16.6. The van der Waals surface area contributed by atoms with Crippen molar-refractivity contribution < 1.29 is 9.53 Å². The molecule has 0 bridgehead atoms. The summed E-state index contributed by atoms with van der Waals surface area (Å²) in [4.78, 5) is 21.0. The molecular formula is C20H19ClN4O2. The molecule has 3 aromatic rings. The van der Waals surface area contributed by atoms with Crippen molar-refractivity contribution in [1.82, 2.24) is 15.3 Å². The first-order valence-electron chi connectivity index (χ1n) is 8.33. The van der Waals surface area contributed by atoms with E-state index in [1.54, 1.807) is 32.2 Å². The highest BCUT2D eigenvalue weighted by Gasteiger charge is 2.11. The van der Waals surface area contributed by atoms with Gasteiger partial charge in [0, 0.05) is 18.3 Å². The second-order valence-corrected chi connectivity index (χ2v) is 6.24. The van der Waals surface area contributed by atoms with Gasteiger partial charge in [0.2, 0.25) is 0 Å². The van der Waals surface area contributed by atoms with Gasteiger partial charge >= 0.3 is 0 Å². The Kier molecular flexibility index (Phi) is 5.88. The molecule has 27 heavy (non-hydrogen) atoms. The lowest BCUT2D eigenvalue weighted by atomic mass is 10.2. The molecule has 2 aromatic carbocycles. The van der Waals surface area contributed by atoms with Gasteiger partial charge < -0.3 is 15.4 Å². The fraction of sp³-hybridized carbons (Fsp3) is 0.150. The topological polar surface area (TPSA) is 76.1 Å². The van der Waals surface area contributed by atoms with Crippen molar-refractivity contribution in [3.8, 4) is 5.75 Å². The van der Waals surface area contributed by atoms with Crippen molar-refractivity contribution in [1.29, 1.82) is 0 Å². The Labute approximate surface area is 162 Å². The fourth-order valence-electron chi connectivity index (χ4n) is 2.51. The molecule has 0 unspecified atom stereocenters. The molecule has 2 N–H and O–H groups in total. The molecule has 0 saturated carbocycles. The molecule has 7 heteroatoms. The summed E-state index contributed by atoms with van der Waals surface area (Å²) in [5.74, 6) is 1.32. The second-order valence-electron chi connectivity index (χ2n) is 5.83. The van der Waals surface area contributed by atoms with Crippen LogP contribution < -0.4 is 15.4 Å². The van der Waals surface area contributed by atoms with E-state index < -0.39 is 0 Å². The van der Waals surface area contributed by atoms with Crippen LogP contribution in [-0.4, -0.2) is 23.0 Å². The predicted molar refractivity (Wildman–Crippen MR) is 106 cm³/mol. The third-order valence-corrected chi connectivity index (χ3v) is 4.09. The Morgan fingerprint density at radius 3 is 2.59 bits per heavy atom. The van der Waals surface area contributed by atoms with E-state index >= 15 is 0 Å². The molecule has 138 valence electrons. The number of benzene rings is 2. The number of aryl methyl sites for hydroxylation is 1. The SMILES string of the molecule is COc1ccc(Nc2cc(C(=O)NCc3ccccc3)nc(C)n2)cc1Cl. The van der Waals surface area contributed by atoms with Crippen LogP contribution >= 0.6 is 11.6 Å². The molecule has 0 aliphatic rings. The maximum absolute atomic E-state index is 12.4. The van der Waals surface area contributed by atoms with E-state index in [1.165, 1.54) is 0 Å². The van der Waals surface area contributed by atoms with Gasteiger partial charge in [0.1, 0.15) is 23.1 Å². The first-order chi connectivity index (χ1) is 13.0. The van der Waals surface area contributed by atoms with Gasteiger partial charge in [-0.1, -0.05) is 41.9 Å². The van der Waals surface area contributed by atoms with Crippen molar-refractivity contribution in [2.75, 3.05) is 12.4 Å². The predicted octanol–water partition coefficient (Wildman–Crippen LogP) is 4.12. The van der Waals surface area contributed by atoms with Crippen LogP contribution in [0.2, 0.25) is 5.02 Å². The molecule has 0 radical (unpaired) electrons. The fourth-order valence-corrected chi connectivity index (χ4v) is 2.77. The van der Waals surface area contributed by atoms with Gasteiger partial charge in [0.25, 0.3) is 5.91 Å². The smallest absolute Gasteiger partial charge is 0.270 e. The average Bonchev–Trinajstić information content (AvgIpc) is 2.66. The zero-order chi connectivity index (χ0) is 19.2. The number of halogens is 1. The largest absolute Gasteiger partial charge is 0.495 e. The van der Waals surface area contributed by atoms with Crippen LogP contribution in [0, 0.1) is 6.92 Å². The number of carbonyl (C=O) groups excluding carboxylic acids is 1. The lowest BCUT2D eigenvalue weighted by Crippen LogP contribution is -2.24. The van der Waals surface area contributed by atoms with Crippen molar-refractivity contribution in [2.45, 2.75) is 13.5 Å². The van der Waals surface area contributed by atoms with Gasteiger partial charge in [0.15, 0.2) is 0 Å². The standard InChI is InChI=1S/C20H19ClN4O2/c1-13-23-17(20(26)22-12-14-6-4-3-5-7-14)11-19(24-13)25-15-8-9-18(27-2)16(21)10-15/h3-11H,12H2,1-2H3,(H,22,26)(H,23,24,25). The van der Waals surface area contributed by atoms with Crippen LogP contribution in [0.5, 0.6) is 5.75 Å². The van der Waals surface area contributed by atoms with E-state index in [0.717, 1.165) is 11.3 Å². The van der Waals surface area contributed by atoms with Crippen molar-refractivity contribution in [3.63, 3.8) is 0 Å². The summed E-state index contributed by atoms with van der Waals surface area (Å²) in [6.07, 6.45) is 0. The van der Waals surface area contributed by atoms with Crippen molar-refractivity contribution in [2.24, 2.45) is 0 Å². The number of hydrogen-bond acceptors (Lipinski definition) is 5. The Morgan fingerprint density at radius 1 is 1.11 bits per heavy atom. The molecule has 6 nitrogen and oxygen atoms in total. The second kappa shape index (κ2) is 8.51. The van der Waals surface area contributed by atoms with E-state index in [-0.39, 0.29) is 5.91 Å². The zero-order valence-electron chi connectivity index (χ0n) is 15.0. The summed E-state index contributed by atoms with van der Waals surface area (Å²) < 4.78 is 5.14. The highest BCUT2D eigenvalue weighted by Crippen LogP contribution is 2.28. The number of anilines is 2. The van der Waals surface area contributed by atoms with Gasteiger partial charge in [-0.05, 0) is 30.7 Å². The Hall–Kier alpha value is -3.12. The maximum Gasteiger partial charge on any atom is 0.270 e. The number of carbonyl (C=O) groups is 1. The van der Waals surface area contributed by atoms with Gasteiger partial charge in [-0.25, -0.2) is 9.97 Å². The van der Waals surface area contributed by atoms with E-state index in [1.807, 2.05) is 36.4 Å². The third kappa shape index (κ3) is 4.95. The van der Waals surface area contributed by atoms with Gasteiger partial charge in [-0.2, -0.15) is 0 Å². The van der Waals surface area contributed by atoms with E-state index in [4.69, 9.17) is 16.3 Å². The molecule has 1 heterocycles. The molecule has 0 atom stereocenters. The van der Waals surface area contributed by atoms with Crippen LogP contribution in [0.1, 0.15) is 21.9 Å². The van der Waals surface area contributed by atoms with Gasteiger partial charge in [-0.15, -0.1) is 0 Å². The highest BCUT2D eigenvalue weighted by molar-refractivity contribution is 6.32. The number of nitrogens with one attached hydrogen (secondary N) is 2. The van der Waals surface area contributed by atoms with E-state index in [2.05, 4.69) is 20.6 Å². The minimum absolute atomic E-state index is 0.264. The molecule has 0 fully saturated rings. The number of ether oxygens (including phenoxy) is 1. The molecule has 0 spiro atoms. The maximum atomic E-state index is 12.4. The number of amides is 1. The average molecular weight is 383 g/mol. The molecular weight excluding hydrogens is 364 g/mol.